The summed E-state index contributed by atoms with van der Waals surface area (Å²) in [5.74, 6) is 0.559. The van der Waals surface area contributed by atoms with Crippen LogP contribution < -0.4 is 0 Å². The number of likely N-dealkylation sites (tertiary alicyclic amines) is 1. The number of imidazole rings is 1. The van der Waals surface area contributed by atoms with E-state index >= 15 is 0 Å². The van der Waals surface area contributed by atoms with Gasteiger partial charge in [0.05, 0.1) is 5.60 Å². The molecule has 2 N–H and O–H groups in total. The lowest BCUT2D eigenvalue weighted by atomic mass is 9.87. The van der Waals surface area contributed by atoms with Crippen LogP contribution in [0.1, 0.15) is 48.8 Å². The molecule has 1 aromatic carbocycles. The van der Waals surface area contributed by atoms with E-state index in [1.807, 2.05) is 25.1 Å². The molecule has 1 fully saturated rings. The van der Waals surface area contributed by atoms with Crippen LogP contribution in [0.2, 0.25) is 5.02 Å². The van der Waals surface area contributed by atoms with Gasteiger partial charge in [0, 0.05) is 29.4 Å². The van der Waals surface area contributed by atoms with Gasteiger partial charge in [-0.2, -0.15) is 0 Å². The smallest absolute Gasteiger partial charge is 0.274 e. The third-order valence-corrected chi connectivity index (χ3v) is 5.12. The van der Waals surface area contributed by atoms with Gasteiger partial charge in [-0.05, 0) is 38.3 Å². The zero-order valence-electron chi connectivity index (χ0n) is 14.7. The van der Waals surface area contributed by atoms with Gasteiger partial charge in [0.15, 0.2) is 0 Å². The van der Waals surface area contributed by atoms with E-state index in [1.54, 1.807) is 11.0 Å². The SMILES string of the molecule is CCCC1(O)CCN(C(=O)c2nc(-c3cccc(Cl)c3)[nH]c2C)CC1. The Morgan fingerprint density at radius 2 is 2.12 bits per heavy atom. The van der Waals surface area contributed by atoms with Crippen molar-refractivity contribution in [3.05, 3.63) is 40.7 Å². The molecule has 5 nitrogen and oxygen atoms in total. The lowest BCUT2D eigenvalue weighted by Gasteiger charge is -2.38. The van der Waals surface area contributed by atoms with Gasteiger partial charge in [-0.3, -0.25) is 4.79 Å². The third-order valence-electron chi connectivity index (χ3n) is 4.88. The summed E-state index contributed by atoms with van der Waals surface area (Å²) in [6.07, 6.45) is 2.98. The second kappa shape index (κ2) is 7.18. The first kappa shape index (κ1) is 18.0. The highest BCUT2D eigenvalue weighted by Crippen LogP contribution is 2.28. The first-order valence-corrected chi connectivity index (χ1v) is 9.14. The van der Waals surface area contributed by atoms with E-state index in [1.165, 1.54) is 0 Å². The Balaban J connectivity index is 1.75. The van der Waals surface area contributed by atoms with E-state index in [-0.39, 0.29) is 5.91 Å². The number of nitrogens with one attached hydrogen (secondary N) is 1. The van der Waals surface area contributed by atoms with Crippen molar-refractivity contribution in [2.45, 2.75) is 45.1 Å². The molecule has 1 amide bonds. The molecule has 0 radical (unpaired) electrons. The molecule has 0 saturated carbocycles. The summed E-state index contributed by atoms with van der Waals surface area (Å²) < 4.78 is 0. The van der Waals surface area contributed by atoms with Crippen LogP contribution in [0.3, 0.4) is 0 Å². The summed E-state index contributed by atoms with van der Waals surface area (Å²) in [7, 11) is 0. The fourth-order valence-electron chi connectivity index (χ4n) is 3.43. The molecule has 134 valence electrons. The highest BCUT2D eigenvalue weighted by Gasteiger charge is 2.34. The topological polar surface area (TPSA) is 69.2 Å². The van der Waals surface area contributed by atoms with Gasteiger partial charge >= 0.3 is 0 Å². The molecule has 3 rings (SSSR count). The molecule has 0 bridgehead atoms. The Morgan fingerprint density at radius 3 is 2.76 bits per heavy atom. The number of aryl methyl sites for hydroxylation is 1. The van der Waals surface area contributed by atoms with Crippen LogP contribution >= 0.6 is 11.6 Å². The van der Waals surface area contributed by atoms with Crippen molar-refractivity contribution in [3.63, 3.8) is 0 Å². The number of benzene rings is 1. The molecule has 0 unspecified atom stereocenters. The first-order valence-electron chi connectivity index (χ1n) is 8.76. The largest absolute Gasteiger partial charge is 0.390 e. The molecule has 0 spiro atoms. The van der Waals surface area contributed by atoms with Crippen LogP contribution in [-0.4, -0.2) is 44.6 Å². The quantitative estimate of drug-likeness (QED) is 0.870. The number of aliphatic hydroxyl groups is 1. The highest BCUT2D eigenvalue weighted by molar-refractivity contribution is 6.30. The second-order valence-electron chi connectivity index (χ2n) is 6.84. The monoisotopic (exact) mass is 361 g/mol. The number of H-pyrrole nitrogens is 1. The van der Waals surface area contributed by atoms with Crippen LogP contribution in [0.4, 0.5) is 0 Å². The van der Waals surface area contributed by atoms with E-state index < -0.39 is 5.60 Å². The first-order chi connectivity index (χ1) is 11.9. The lowest BCUT2D eigenvalue weighted by molar-refractivity contribution is -0.0234. The minimum atomic E-state index is -0.627. The summed E-state index contributed by atoms with van der Waals surface area (Å²) >= 11 is 6.04. The number of carbonyl (C=O) groups excluding carboxylic acids is 1. The molecule has 25 heavy (non-hydrogen) atoms. The standard InChI is InChI=1S/C19H24ClN3O2/c1-3-7-19(25)8-10-23(11-9-19)18(24)16-13(2)21-17(22-16)14-5-4-6-15(20)12-14/h4-6,12,25H,3,7-11H2,1-2H3,(H,21,22). The van der Waals surface area contributed by atoms with Crippen LogP contribution in [0, 0.1) is 6.92 Å². The number of hydrogen-bond donors (Lipinski definition) is 2. The van der Waals surface area contributed by atoms with Crippen LogP contribution in [-0.2, 0) is 0 Å². The molecule has 2 heterocycles. The summed E-state index contributed by atoms with van der Waals surface area (Å²) in [4.78, 5) is 22.3. The van der Waals surface area contributed by atoms with E-state index in [4.69, 9.17) is 11.6 Å². The maximum atomic E-state index is 12.8. The van der Waals surface area contributed by atoms with Crippen molar-refractivity contribution in [1.29, 1.82) is 0 Å². The number of hydrogen-bond acceptors (Lipinski definition) is 3. The maximum absolute atomic E-state index is 12.8. The van der Waals surface area contributed by atoms with Gasteiger partial charge in [0.25, 0.3) is 5.91 Å². The average Bonchev–Trinajstić information content (AvgIpc) is 2.97. The zero-order chi connectivity index (χ0) is 18.0. The van der Waals surface area contributed by atoms with Crippen molar-refractivity contribution >= 4 is 17.5 Å². The Bertz CT molecular complexity index is 764. The van der Waals surface area contributed by atoms with Gasteiger partial charge in [-0.15, -0.1) is 0 Å². The van der Waals surface area contributed by atoms with E-state index in [2.05, 4.69) is 16.9 Å². The Kier molecular flexibility index (Phi) is 5.16. The average molecular weight is 362 g/mol. The molecule has 1 aliphatic rings. The molecular formula is C19H24ClN3O2. The number of aromatic nitrogens is 2. The van der Waals surface area contributed by atoms with Gasteiger partial charge in [-0.25, -0.2) is 4.98 Å². The fourth-order valence-corrected chi connectivity index (χ4v) is 3.62. The molecule has 0 atom stereocenters. The minimum Gasteiger partial charge on any atom is -0.390 e. The third kappa shape index (κ3) is 3.88. The van der Waals surface area contributed by atoms with Gasteiger partial charge < -0.3 is 15.0 Å². The summed E-state index contributed by atoms with van der Waals surface area (Å²) in [6, 6.07) is 7.39. The Hall–Kier alpha value is -1.85. The predicted molar refractivity (Wildman–Crippen MR) is 98.8 cm³/mol. The summed E-state index contributed by atoms with van der Waals surface area (Å²) in [6.45, 7) is 5.05. The van der Waals surface area contributed by atoms with Gasteiger partial charge in [0.1, 0.15) is 11.5 Å². The molecule has 1 saturated heterocycles. The van der Waals surface area contributed by atoms with Crippen molar-refractivity contribution in [3.8, 4) is 11.4 Å². The number of carbonyl (C=O) groups is 1. The lowest BCUT2D eigenvalue weighted by Crippen LogP contribution is -2.46. The number of rotatable bonds is 4. The molecular weight excluding hydrogens is 338 g/mol. The predicted octanol–water partition coefficient (Wildman–Crippen LogP) is 3.81. The second-order valence-corrected chi connectivity index (χ2v) is 7.27. The summed E-state index contributed by atoms with van der Waals surface area (Å²) in [5, 5.41) is 11.1. The minimum absolute atomic E-state index is 0.0828. The van der Waals surface area contributed by atoms with Crippen LogP contribution in [0.25, 0.3) is 11.4 Å². The Labute approximate surface area is 153 Å². The number of aromatic amines is 1. The van der Waals surface area contributed by atoms with Crippen LogP contribution in [0.5, 0.6) is 0 Å². The van der Waals surface area contributed by atoms with Gasteiger partial charge in [-0.1, -0.05) is 37.1 Å². The molecule has 1 aromatic heterocycles. The molecule has 1 aliphatic heterocycles. The van der Waals surface area contributed by atoms with Gasteiger partial charge in [0.2, 0.25) is 0 Å². The molecule has 2 aromatic rings. The summed E-state index contributed by atoms with van der Waals surface area (Å²) in [5.41, 5.74) is 1.41. The number of amides is 1. The van der Waals surface area contributed by atoms with E-state index in [0.717, 1.165) is 24.1 Å². The maximum Gasteiger partial charge on any atom is 0.274 e. The van der Waals surface area contributed by atoms with E-state index in [9.17, 15) is 9.90 Å². The highest BCUT2D eigenvalue weighted by atomic mass is 35.5. The number of nitrogens with zero attached hydrogens (tertiary/aromatic N) is 2. The fraction of sp³-hybridized carbons (Fsp3) is 0.474. The Morgan fingerprint density at radius 1 is 1.40 bits per heavy atom. The van der Waals surface area contributed by atoms with Crippen molar-refractivity contribution < 1.29 is 9.90 Å². The zero-order valence-corrected chi connectivity index (χ0v) is 15.4. The van der Waals surface area contributed by atoms with Crippen molar-refractivity contribution in [2.75, 3.05) is 13.1 Å². The van der Waals surface area contributed by atoms with E-state index in [0.29, 0.717) is 42.5 Å². The van der Waals surface area contributed by atoms with Crippen LogP contribution in [0.15, 0.2) is 24.3 Å². The van der Waals surface area contributed by atoms with Crippen molar-refractivity contribution in [2.24, 2.45) is 0 Å². The normalized spacial score (nSPS) is 16.9. The molecule has 6 heteroatoms. The number of piperidine rings is 1. The number of halogens is 1. The molecule has 0 aliphatic carbocycles. The van der Waals surface area contributed by atoms with Crippen molar-refractivity contribution in [1.82, 2.24) is 14.9 Å².